The number of nitrogens with one attached hydrogen (secondary N) is 1. The lowest BCUT2D eigenvalue weighted by Gasteiger charge is -2.36. The first-order valence-corrected chi connectivity index (χ1v) is 7.12. The van der Waals surface area contributed by atoms with Crippen LogP contribution in [0.3, 0.4) is 0 Å². The number of carboxylic acid groups (broad SMARTS) is 1. The van der Waals surface area contributed by atoms with E-state index >= 15 is 0 Å². The molecule has 1 heterocycles. The van der Waals surface area contributed by atoms with Crippen molar-refractivity contribution in [3.05, 3.63) is 0 Å². The van der Waals surface area contributed by atoms with E-state index < -0.39 is 29.6 Å². The molecule has 2 amide bonds. The molecule has 2 atom stereocenters. The normalized spacial score (nSPS) is 22.6. The first-order valence-electron chi connectivity index (χ1n) is 7.12. The van der Waals surface area contributed by atoms with Crippen LogP contribution in [0.1, 0.15) is 40.5 Å². The molecular formula is C14H24N2O5. The zero-order chi connectivity index (χ0) is 16.2. The van der Waals surface area contributed by atoms with Crippen LogP contribution in [-0.4, -0.2) is 52.7 Å². The number of alkyl carbamates (subject to hydrolysis) is 1. The number of hydrogen-bond acceptors (Lipinski definition) is 4. The van der Waals surface area contributed by atoms with Crippen LogP contribution in [0.25, 0.3) is 0 Å². The number of aliphatic carboxylic acids is 1. The van der Waals surface area contributed by atoms with E-state index in [9.17, 15) is 14.4 Å². The Balaban J connectivity index is 2.69. The summed E-state index contributed by atoms with van der Waals surface area (Å²) >= 11 is 0. The minimum atomic E-state index is -0.959. The molecule has 0 saturated carbocycles. The van der Waals surface area contributed by atoms with Gasteiger partial charge in [0.25, 0.3) is 0 Å². The Morgan fingerprint density at radius 3 is 2.38 bits per heavy atom. The van der Waals surface area contributed by atoms with Gasteiger partial charge in [0.05, 0.1) is 12.0 Å². The first kappa shape index (κ1) is 17.3. The van der Waals surface area contributed by atoms with Gasteiger partial charge in [0, 0.05) is 19.5 Å². The number of carbonyl (C=O) groups excluding carboxylic acids is 2. The number of nitrogens with zero attached hydrogens (tertiary/aromatic N) is 1. The predicted molar refractivity (Wildman–Crippen MR) is 75.8 cm³/mol. The lowest BCUT2D eigenvalue weighted by molar-refractivity contribution is -0.146. The van der Waals surface area contributed by atoms with Gasteiger partial charge in [-0.1, -0.05) is 6.92 Å². The Morgan fingerprint density at radius 1 is 1.29 bits per heavy atom. The van der Waals surface area contributed by atoms with E-state index in [1.54, 1.807) is 27.7 Å². The Morgan fingerprint density at radius 2 is 1.90 bits per heavy atom. The second-order valence-electron chi connectivity index (χ2n) is 6.27. The van der Waals surface area contributed by atoms with E-state index in [-0.39, 0.29) is 12.5 Å². The highest BCUT2D eigenvalue weighted by molar-refractivity contribution is 5.78. The third-order valence-corrected chi connectivity index (χ3v) is 3.18. The molecule has 0 bridgehead atoms. The molecule has 0 spiro atoms. The molecule has 1 fully saturated rings. The summed E-state index contributed by atoms with van der Waals surface area (Å²) in [6.45, 7) is 7.48. The Labute approximate surface area is 124 Å². The fourth-order valence-corrected chi connectivity index (χ4v) is 2.28. The van der Waals surface area contributed by atoms with E-state index in [4.69, 9.17) is 9.84 Å². The van der Waals surface area contributed by atoms with E-state index in [2.05, 4.69) is 5.32 Å². The molecule has 1 aliphatic rings. The molecule has 21 heavy (non-hydrogen) atoms. The highest BCUT2D eigenvalue weighted by Gasteiger charge is 2.34. The van der Waals surface area contributed by atoms with Gasteiger partial charge in [-0.3, -0.25) is 9.59 Å². The Kier molecular flexibility index (Phi) is 5.57. The highest BCUT2D eigenvalue weighted by atomic mass is 16.6. The first-order chi connectivity index (χ1) is 9.62. The summed E-state index contributed by atoms with van der Waals surface area (Å²) in [5, 5.41) is 11.8. The van der Waals surface area contributed by atoms with Crippen LogP contribution in [-0.2, 0) is 14.3 Å². The molecule has 1 aliphatic heterocycles. The molecule has 0 aromatic heterocycles. The van der Waals surface area contributed by atoms with Crippen molar-refractivity contribution in [3.8, 4) is 0 Å². The van der Waals surface area contributed by atoms with Crippen molar-refractivity contribution in [1.29, 1.82) is 0 Å². The maximum Gasteiger partial charge on any atom is 0.407 e. The summed E-state index contributed by atoms with van der Waals surface area (Å²) in [4.78, 5) is 36.2. The number of piperidine rings is 1. The number of carbonyl (C=O) groups is 3. The van der Waals surface area contributed by atoms with E-state index in [1.165, 1.54) is 4.90 Å². The summed E-state index contributed by atoms with van der Waals surface area (Å²) in [5.74, 6) is -1.74. The lowest BCUT2D eigenvalue weighted by Crippen LogP contribution is -2.54. The van der Waals surface area contributed by atoms with Gasteiger partial charge >= 0.3 is 12.1 Å². The lowest BCUT2D eigenvalue weighted by atomic mass is 9.94. The van der Waals surface area contributed by atoms with Gasteiger partial charge in [0.1, 0.15) is 5.60 Å². The molecule has 2 unspecified atom stereocenters. The monoisotopic (exact) mass is 300 g/mol. The molecule has 0 aromatic rings. The molecular weight excluding hydrogens is 276 g/mol. The smallest absolute Gasteiger partial charge is 0.407 e. The summed E-state index contributed by atoms with van der Waals surface area (Å²) in [6.07, 6.45) is 0.00976. The number of rotatable bonds is 3. The van der Waals surface area contributed by atoms with Gasteiger partial charge in [0.15, 0.2) is 0 Å². The van der Waals surface area contributed by atoms with Crippen LogP contribution in [0.15, 0.2) is 0 Å². The van der Waals surface area contributed by atoms with Crippen LogP contribution < -0.4 is 5.32 Å². The topological polar surface area (TPSA) is 95.9 Å². The Bertz CT molecular complexity index is 416. The van der Waals surface area contributed by atoms with Crippen molar-refractivity contribution in [2.45, 2.75) is 52.2 Å². The van der Waals surface area contributed by atoms with Crippen LogP contribution in [0, 0.1) is 5.92 Å². The second-order valence-corrected chi connectivity index (χ2v) is 6.27. The van der Waals surface area contributed by atoms with E-state index in [0.717, 1.165) is 0 Å². The van der Waals surface area contributed by atoms with Crippen LogP contribution >= 0.6 is 0 Å². The van der Waals surface area contributed by atoms with Crippen molar-refractivity contribution in [3.63, 3.8) is 0 Å². The van der Waals surface area contributed by atoms with Crippen LogP contribution in [0.4, 0.5) is 4.79 Å². The average molecular weight is 300 g/mol. The minimum absolute atomic E-state index is 0.114. The molecule has 0 aliphatic carbocycles. The largest absolute Gasteiger partial charge is 0.481 e. The van der Waals surface area contributed by atoms with Crippen molar-refractivity contribution in [2.75, 3.05) is 13.1 Å². The summed E-state index contributed by atoms with van der Waals surface area (Å²) < 4.78 is 5.16. The van der Waals surface area contributed by atoms with Crippen molar-refractivity contribution in [2.24, 2.45) is 5.92 Å². The summed E-state index contributed by atoms with van der Waals surface area (Å²) in [7, 11) is 0. The number of likely N-dealkylation sites (tertiary alicyclic amines) is 1. The van der Waals surface area contributed by atoms with Gasteiger partial charge in [-0.15, -0.1) is 0 Å². The van der Waals surface area contributed by atoms with Gasteiger partial charge in [-0.25, -0.2) is 4.79 Å². The fourth-order valence-electron chi connectivity index (χ4n) is 2.28. The highest BCUT2D eigenvalue weighted by Crippen LogP contribution is 2.19. The number of amides is 2. The zero-order valence-corrected chi connectivity index (χ0v) is 13.0. The number of carboxylic acids is 1. The Hall–Kier alpha value is -1.79. The molecule has 7 heteroatoms. The van der Waals surface area contributed by atoms with Crippen molar-refractivity contribution in [1.82, 2.24) is 10.2 Å². The molecule has 1 saturated heterocycles. The maximum absolute atomic E-state index is 11.8. The van der Waals surface area contributed by atoms with Crippen LogP contribution in [0.5, 0.6) is 0 Å². The quantitative estimate of drug-likeness (QED) is 0.817. The number of ether oxygens (including phenoxy) is 1. The van der Waals surface area contributed by atoms with E-state index in [1.807, 2.05) is 0 Å². The van der Waals surface area contributed by atoms with Gasteiger partial charge in [-0.2, -0.15) is 0 Å². The second kappa shape index (κ2) is 6.78. The SMILES string of the molecule is CCC(=O)N1CC(NC(=O)OC(C)(C)C)CC(C(=O)O)C1. The molecule has 2 N–H and O–H groups in total. The number of hydrogen-bond donors (Lipinski definition) is 2. The average Bonchev–Trinajstić information content (AvgIpc) is 2.34. The van der Waals surface area contributed by atoms with Crippen LogP contribution in [0.2, 0.25) is 0 Å². The molecule has 7 nitrogen and oxygen atoms in total. The zero-order valence-electron chi connectivity index (χ0n) is 13.0. The van der Waals surface area contributed by atoms with Gasteiger partial charge < -0.3 is 20.1 Å². The van der Waals surface area contributed by atoms with Gasteiger partial charge in [-0.05, 0) is 27.2 Å². The summed E-state index contributed by atoms with van der Waals surface area (Å²) in [6, 6.07) is -0.412. The minimum Gasteiger partial charge on any atom is -0.481 e. The standard InChI is InChI=1S/C14H24N2O5/c1-5-11(17)16-7-9(12(18)19)6-10(8-16)15-13(20)21-14(2,3)4/h9-10H,5-8H2,1-4H3,(H,15,20)(H,18,19). The molecule has 0 aromatic carbocycles. The molecule has 0 radical (unpaired) electrons. The predicted octanol–water partition coefficient (Wildman–Crippen LogP) is 1.22. The van der Waals surface area contributed by atoms with Crippen molar-refractivity contribution < 1.29 is 24.2 Å². The third kappa shape index (κ3) is 5.61. The van der Waals surface area contributed by atoms with Gasteiger partial charge in [0.2, 0.25) is 5.91 Å². The van der Waals surface area contributed by atoms with Crippen molar-refractivity contribution >= 4 is 18.0 Å². The fraction of sp³-hybridized carbons (Fsp3) is 0.786. The van der Waals surface area contributed by atoms with E-state index in [0.29, 0.717) is 19.4 Å². The third-order valence-electron chi connectivity index (χ3n) is 3.18. The summed E-state index contributed by atoms with van der Waals surface area (Å²) in [5.41, 5.74) is -0.621. The molecule has 120 valence electrons. The molecule has 1 rings (SSSR count). The maximum atomic E-state index is 11.8.